The van der Waals surface area contributed by atoms with Crippen LogP contribution in [0.2, 0.25) is 0 Å². The van der Waals surface area contributed by atoms with Gasteiger partial charge in [-0.2, -0.15) is 0 Å². The van der Waals surface area contributed by atoms with Crippen LogP contribution in [0.25, 0.3) is 0 Å². The van der Waals surface area contributed by atoms with Crippen LogP contribution in [-0.2, 0) is 4.94 Å². The molecule has 0 bridgehead atoms. The highest BCUT2D eigenvalue weighted by Crippen LogP contribution is 2.39. The van der Waals surface area contributed by atoms with E-state index in [9.17, 15) is 9.32 Å². The highest BCUT2D eigenvalue weighted by atomic mass is 19.3. The Balaban J connectivity index is 2.14. The molecule has 3 rings (SSSR count). The molecule has 1 aliphatic rings. The van der Waals surface area contributed by atoms with Crippen LogP contribution < -0.4 is 0 Å². The van der Waals surface area contributed by atoms with E-state index in [-0.39, 0.29) is 12.0 Å². The molecule has 3 nitrogen and oxygen atoms in total. The summed E-state index contributed by atoms with van der Waals surface area (Å²) in [4.78, 5) is 16.8. The molecule has 0 saturated carbocycles. The van der Waals surface area contributed by atoms with Gasteiger partial charge in [0.15, 0.2) is 0 Å². The van der Waals surface area contributed by atoms with Crippen molar-refractivity contribution in [3.63, 3.8) is 0 Å². The van der Waals surface area contributed by atoms with Crippen molar-refractivity contribution in [2.75, 3.05) is 6.54 Å². The molecular formula is C17H16FNO2. The Morgan fingerprint density at radius 2 is 1.71 bits per heavy atom. The third-order valence-electron chi connectivity index (χ3n) is 4.02. The molecule has 1 aliphatic heterocycles. The summed E-state index contributed by atoms with van der Waals surface area (Å²) in [5.41, 5.74) is 3.16. The van der Waals surface area contributed by atoms with Crippen LogP contribution in [-0.4, -0.2) is 17.5 Å². The maximum Gasteiger partial charge on any atom is 0.448 e. The second-order valence-electron chi connectivity index (χ2n) is 5.34. The van der Waals surface area contributed by atoms with Crippen LogP contribution >= 0.6 is 0 Å². The Labute approximate surface area is 122 Å². The Kier molecular flexibility index (Phi) is 3.60. The minimum Gasteiger partial charge on any atom is -0.294 e. The number of rotatable bonds is 1. The van der Waals surface area contributed by atoms with Gasteiger partial charge in [0.25, 0.3) is 0 Å². The average molecular weight is 285 g/mol. The highest BCUT2D eigenvalue weighted by molar-refractivity contribution is 5.69. The fourth-order valence-electron chi connectivity index (χ4n) is 3.09. The number of nitrogens with zero attached hydrogens (tertiary/aromatic N) is 1. The molecule has 2 aromatic carbocycles. The van der Waals surface area contributed by atoms with Gasteiger partial charge in [0.05, 0.1) is 6.04 Å². The standard InChI is InChI=1S/C17H16FNO2/c1-12-11-19(17(20)21-18)16(13-7-3-2-4-8-13)15-10-6-5-9-14(12)15/h2-10,12,16H,11H2,1H3. The third kappa shape index (κ3) is 2.37. The fourth-order valence-corrected chi connectivity index (χ4v) is 3.09. The minimum atomic E-state index is -0.940. The summed E-state index contributed by atoms with van der Waals surface area (Å²) in [7, 11) is 0. The van der Waals surface area contributed by atoms with Gasteiger partial charge in [-0.15, -0.1) is 0 Å². The monoisotopic (exact) mass is 285 g/mol. The molecule has 4 heteroatoms. The Morgan fingerprint density at radius 3 is 2.38 bits per heavy atom. The summed E-state index contributed by atoms with van der Waals surface area (Å²) < 4.78 is 12.5. The van der Waals surface area contributed by atoms with E-state index in [0.29, 0.717) is 6.54 Å². The lowest BCUT2D eigenvalue weighted by Crippen LogP contribution is -2.41. The van der Waals surface area contributed by atoms with Crippen molar-refractivity contribution in [1.82, 2.24) is 4.90 Å². The van der Waals surface area contributed by atoms with E-state index in [1.165, 1.54) is 10.5 Å². The first-order valence-electron chi connectivity index (χ1n) is 6.95. The lowest BCUT2D eigenvalue weighted by Gasteiger charge is -2.38. The van der Waals surface area contributed by atoms with Crippen molar-refractivity contribution in [3.05, 3.63) is 71.3 Å². The van der Waals surface area contributed by atoms with Gasteiger partial charge in [-0.05, 0) is 22.6 Å². The lowest BCUT2D eigenvalue weighted by molar-refractivity contribution is -0.0840. The first kappa shape index (κ1) is 13.6. The largest absolute Gasteiger partial charge is 0.448 e. The van der Waals surface area contributed by atoms with E-state index in [1.807, 2.05) is 55.5 Å². The van der Waals surface area contributed by atoms with Crippen LogP contribution in [0.15, 0.2) is 54.6 Å². The summed E-state index contributed by atoms with van der Waals surface area (Å²) in [5.74, 6) is 0.139. The maximum atomic E-state index is 12.5. The molecule has 108 valence electrons. The second-order valence-corrected chi connectivity index (χ2v) is 5.34. The van der Waals surface area contributed by atoms with E-state index in [0.717, 1.165) is 11.1 Å². The highest BCUT2D eigenvalue weighted by Gasteiger charge is 2.36. The molecule has 2 atom stereocenters. The molecule has 0 fully saturated rings. The van der Waals surface area contributed by atoms with E-state index in [1.54, 1.807) is 0 Å². The van der Waals surface area contributed by atoms with Gasteiger partial charge in [0, 0.05) is 11.1 Å². The number of halogens is 1. The van der Waals surface area contributed by atoms with Crippen LogP contribution in [0.3, 0.4) is 0 Å². The van der Waals surface area contributed by atoms with Gasteiger partial charge < -0.3 is 0 Å². The average Bonchev–Trinajstić information content (AvgIpc) is 2.55. The van der Waals surface area contributed by atoms with E-state index in [2.05, 4.69) is 11.0 Å². The fraction of sp³-hybridized carbons (Fsp3) is 0.235. The lowest BCUT2D eigenvalue weighted by atomic mass is 9.83. The number of fused-ring (bicyclic) bond motifs is 1. The molecule has 0 saturated heterocycles. The third-order valence-corrected chi connectivity index (χ3v) is 4.02. The summed E-state index contributed by atoms with van der Waals surface area (Å²) in [6.07, 6.45) is -0.940. The smallest absolute Gasteiger partial charge is 0.294 e. The summed E-state index contributed by atoms with van der Waals surface area (Å²) in [6, 6.07) is 17.3. The Hall–Kier alpha value is -2.36. The first-order valence-corrected chi connectivity index (χ1v) is 6.95. The SMILES string of the molecule is CC1CN(C(=O)OF)C(c2ccccc2)c2ccccc21. The van der Waals surface area contributed by atoms with E-state index >= 15 is 0 Å². The quantitative estimate of drug-likeness (QED) is 0.785. The molecule has 0 spiro atoms. The van der Waals surface area contributed by atoms with Gasteiger partial charge in [-0.25, -0.2) is 9.74 Å². The number of benzene rings is 2. The Morgan fingerprint density at radius 1 is 1.10 bits per heavy atom. The van der Waals surface area contributed by atoms with Crippen LogP contribution in [0.1, 0.15) is 35.6 Å². The molecule has 0 radical (unpaired) electrons. The minimum absolute atomic E-state index is 0.139. The van der Waals surface area contributed by atoms with Gasteiger partial charge in [0.1, 0.15) is 0 Å². The van der Waals surface area contributed by atoms with Crippen LogP contribution in [0.4, 0.5) is 9.32 Å². The van der Waals surface area contributed by atoms with Crippen LogP contribution in [0, 0.1) is 0 Å². The number of carbonyl (C=O) groups is 1. The molecular weight excluding hydrogens is 269 g/mol. The molecule has 1 amide bonds. The number of hydrogen-bond acceptors (Lipinski definition) is 2. The van der Waals surface area contributed by atoms with Crippen molar-refractivity contribution < 1.29 is 14.3 Å². The van der Waals surface area contributed by atoms with Crippen molar-refractivity contribution in [3.8, 4) is 0 Å². The Bertz CT molecular complexity index is 644. The van der Waals surface area contributed by atoms with E-state index in [4.69, 9.17) is 0 Å². The zero-order valence-corrected chi connectivity index (χ0v) is 11.7. The van der Waals surface area contributed by atoms with Gasteiger partial charge in [-0.1, -0.05) is 61.5 Å². The maximum absolute atomic E-state index is 12.5. The molecule has 21 heavy (non-hydrogen) atoms. The molecule has 2 aromatic rings. The predicted octanol–water partition coefficient (Wildman–Crippen LogP) is 4.22. The van der Waals surface area contributed by atoms with Crippen molar-refractivity contribution in [1.29, 1.82) is 0 Å². The van der Waals surface area contributed by atoms with Gasteiger partial charge in [-0.3, -0.25) is 4.90 Å². The van der Waals surface area contributed by atoms with Crippen LogP contribution in [0.5, 0.6) is 0 Å². The second kappa shape index (κ2) is 5.56. The molecule has 0 aromatic heterocycles. The molecule has 2 unspecified atom stereocenters. The number of amides is 1. The van der Waals surface area contributed by atoms with Gasteiger partial charge in [0.2, 0.25) is 0 Å². The number of hydrogen-bond donors (Lipinski definition) is 0. The molecule has 1 heterocycles. The number of carbonyl (C=O) groups excluding carboxylic acids is 1. The van der Waals surface area contributed by atoms with Gasteiger partial charge >= 0.3 is 6.09 Å². The molecule has 0 aliphatic carbocycles. The normalized spacial score (nSPS) is 20.8. The summed E-state index contributed by atoms with van der Waals surface area (Å²) in [5, 5.41) is 0. The van der Waals surface area contributed by atoms with Crippen molar-refractivity contribution >= 4 is 6.09 Å². The van der Waals surface area contributed by atoms with Crippen molar-refractivity contribution in [2.45, 2.75) is 18.9 Å². The topological polar surface area (TPSA) is 29.5 Å². The van der Waals surface area contributed by atoms with E-state index < -0.39 is 6.09 Å². The predicted molar refractivity (Wildman–Crippen MR) is 77.4 cm³/mol. The summed E-state index contributed by atoms with van der Waals surface area (Å²) >= 11 is 0. The van der Waals surface area contributed by atoms with Crippen molar-refractivity contribution in [2.24, 2.45) is 0 Å². The first-order chi connectivity index (χ1) is 10.2. The zero-order chi connectivity index (χ0) is 14.8. The summed E-state index contributed by atoms with van der Waals surface area (Å²) in [6.45, 7) is 2.46. The molecule has 0 N–H and O–H groups in total. The zero-order valence-electron chi connectivity index (χ0n) is 11.7.